The van der Waals surface area contributed by atoms with Crippen LogP contribution in [0.3, 0.4) is 0 Å². The second-order valence-electron chi connectivity index (χ2n) is 6.95. The number of nitrogens with zero attached hydrogens (tertiary/aromatic N) is 3. The molecule has 31 heavy (non-hydrogen) atoms. The first kappa shape index (κ1) is 22.3. The van der Waals surface area contributed by atoms with Crippen LogP contribution in [0.1, 0.15) is 12.5 Å². The fraction of sp³-hybridized carbons (Fsp3) is 0.350. The molecule has 3 rings (SSSR count). The first-order valence-corrected chi connectivity index (χ1v) is 9.58. The van der Waals surface area contributed by atoms with E-state index in [2.05, 4.69) is 10.2 Å². The number of rotatable bonds is 5. The second-order valence-corrected chi connectivity index (χ2v) is 6.95. The maximum atomic E-state index is 13.4. The van der Waals surface area contributed by atoms with E-state index in [-0.39, 0.29) is 17.1 Å². The van der Waals surface area contributed by atoms with Gasteiger partial charge in [0.25, 0.3) is 5.69 Å². The Morgan fingerprint density at radius 1 is 1.13 bits per heavy atom. The number of hydrogen-bond acceptors (Lipinski definition) is 6. The molecule has 0 radical (unpaired) electrons. The molecule has 0 saturated carbocycles. The minimum Gasteiger partial charge on any atom is -0.410 e. The standard InChI is InChI=1S/C20H21F3N4O4/c1-2-25-7-9-26(10-8-25)17-12-14(20(21,22)23)11-15(13-17)24-19(28)31-18-5-3-16(4-6-18)27(29)30/h3-6,11-13H,2,7-10H2,1H3,(H,24,28). The highest BCUT2D eigenvalue weighted by molar-refractivity contribution is 5.87. The van der Waals surface area contributed by atoms with Crippen molar-refractivity contribution in [3.8, 4) is 5.75 Å². The molecule has 1 amide bonds. The molecule has 11 heteroatoms. The lowest BCUT2D eigenvalue weighted by molar-refractivity contribution is -0.384. The number of hydrogen-bond donors (Lipinski definition) is 1. The van der Waals surface area contributed by atoms with Crippen LogP contribution in [0.5, 0.6) is 5.75 Å². The van der Waals surface area contributed by atoms with Crippen molar-refractivity contribution in [2.24, 2.45) is 0 Å². The second kappa shape index (κ2) is 9.21. The Kier molecular flexibility index (Phi) is 6.64. The van der Waals surface area contributed by atoms with E-state index in [1.54, 1.807) is 0 Å². The summed E-state index contributed by atoms with van der Waals surface area (Å²) in [5, 5.41) is 13.0. The zero-order chi connectivity index (χ0) is 22.6. The SMILES string of the molecule is CCN1CCN(c2cc(NC(=O)Oc3ccc([N+](=O)[O-])cc3)cc(C(F)(F)F)c2)CC1. The molecule has 2 aromatic rings. The topological polar surface area (TPSA) is 88.0 Å². The quantitative estimate of drug-likeness (QED) is 0.551. The lowest BCUT2D eigenvalue weighted by atomic mass is 10.1. The predicted octanol–water partition coefficient (Wildman–Crippen LogP) is 4.37. The van der Waals surface area contributed by atoms with Crippen molar-refractivity contribution in [1.82, 2.24) is 4.90 Å². The van der Waals surface area contributed by atoms with Crippen LogP contribution in [0.25, 0.3) is 0 Å². The summed E-state index contributed by atoms with van der Waals surface area (Å²) in [6.07, 6.45) is -5.59. The molecule has 0 aliphatic carbocycles. The Morgan fingerprint density at radius 2 is 1.77 bits per heavy atom. The molecule has 1 saturated heterocycles. The van der Waals surface area contributed by atoms with E-state index < -0.39 is 22.8 Å². The molecule has 0 aromatic heterocycles. The summed E-state index contributed by atoms with van der Waals surface area (Å²) in [6, 6.07) is 8.12. The van der Waals surface area contributed by atoms with Crippen LogP contribution in [0.2, 0.25) is 0 Å². The molecular formula is C20H21F3N4O4. The number of likely N-dealkylation sites (N-methyl/N-ethyl adjacent to an activating group) is 1. The van der Waals surface area contributed by atoms with Crippen molar-refractivity contribution in [3.05, 3.63) is 58.1 Å². The van der Waals surface area contributed by atoms with Crippen LogP contribution in [0, 0.1) is 10.1 Å². The number of carbonyl (C=O) groups excluding carboxylic acids is 1. The van der Waals surface area contributed by atoms with Gasteiger partial charge in [0.1, 0.15) is 5.75 Å². The highest BCUT2D eigenvalue weighted by Crippen LogP contribution is 2.35. The Labute approximate surface area is 176 Å². The molecular weight excluding hydrogens is 417 g/mol. The average Bonchev–Trinajstić information content (AvgIpc) is 2.73. The van der Waals surface area contributed by atoms with E-state index in [1.807, 2.05) is 11.8 Å². The van der Waals surface area contributed by atoms with Crippen LogP contribution in [-0.2, 0) is 6.18 Å². The zero-order valence-corrected chi connectivity index (χ0v) is 16.7. The highest BCUT2D eigenvalue weighted by Gasteiger charge is 2.32. The predicted molar refractivity (Wildman–Crippen MR) is 109 cm³/mol. The largest absolute Gasteiger partial charge is 0.417 e. The smallest absolute Gasteiger partial charge is 0.410 e. The maximum Gasteiger partial charge on any atom is 0.417 e. The number of carbonyl (C=O) groups is 1. The van der Waals surface area contributed by atoms with Gasteiger partial charge in [0.2, 0.25) is 0 Å². The van der Waals surface area contributed by atoms with Gasteiger partial charge in [0.15, 0.2) is 0 Å². The first-order chi connectivity index (χ1) is 14.7. The fourth-order valence-corrected chi connectivity index (χ4v) is 3.24. The Hall–Kier alpha value is -3.34. The van der Waals surface area contributed by atoms with Gasteiger partial charge in [0, 0.05) is 49.7 Å². The van der Waals surface area contributed by atoms with E-state index in [1.165, 1.54) is 18.2 Å². The molecule has 1 aliphatic rings. The first-order valence-electron chi connectivity index (χ1n) is 9.58. The van der Waals surface area contributed by atoms with Crippen molar-refractivity contribution >= 4 is 23.2 Å². The third-order valence-electron chi connectivity index (χ3n) is 4.93. The van der Waals surface area contributed by atoms with Gasteiger partial charge in [-0.3, -0.25) is 15.4 Å². The van der Waals surface area contributed by atoms with Crippen LogP contribution in [0.4, 0.5) is 35.0 Å². The lowest BCUT2D eigenvalue weighted by Crippen LogP contribution is -2.46. The van der Waals surface area contributed by atoms with Gasteiger partial charge < -0.3 is 14.5 Å². The molecule has 166 valence electrons. The molecule has 0 spiro atoms. The Balaban J connectivity index is 1.76. The van der Waals surface area contributed by atoms with E-state index in [0.29, 0.717) is 18.8 Å². The summed E-state index contributed by atoms with van der Waals surface area (Å²) in [7, 11) is 0. The Bertz CT molecular complexity index is 942. The molecule has 0 bridgehead atoms. The molecule has 8 nitrogen and oxygen atoms in total. The van der Waals surface area contributed by atoms with Crippen LogP contribution >= 0.6 is 0 Å². The lowest BCUT2D eigenvalue weighted by Gasteiger charge is -2.36. The van der Waals surface area contributed by atoms with E-state index in [9.17, 15) is 28.1 Å². The summed E-state index contributed by atoms with van der Waals surface area (Å²) in [5.41, 5.74) is -0.766. The number of nitrogens with one attached hydrogen (secondary N) is 1. The minimum absolute atomic E-state index is 0.0194. The normalized spacial score (nSPS) is 14.9. The number of non-ortho nitro benzene ring substituents is 1. The molecule has 1 fully saturated rings. The van der Waals surface area contributed by atoms with Crippen molar-refractivity contribution in [3.63, 3.8) is 0 Å². The van der Waals surface area contributed by atoms with Crippen molar-refractivity contribution in [2.75, 3.05) is 42.9 Å². The number of halogens is 3. The maximum absolute atomic E-state index is 13.4. The third-order valence-corrected chi connectivity index (χ3v) is 4.93. The van der Waals surface area contributed by atoms with Gasteiger partial charge in [-0.1, -0.05) is 6.92 Å². The summed E-state index contributed by atoms with van der Waals surface area (Å²) >= 11 is 0. The number of nitro groups is 1. The number of nitro benzene ring substituents is 1. The van der Waals surface area contributed by atoms with Crippen molar-refractivity contribution in [1.29, 1.82) is 0 Å². The van der Waals surface area contributed by atoms with Gasteiger partial charge >= 0.3 is 12.3 Å². The number of piperazine rings is 1. The number of benzene rings is 2. The van der Waals surface area contributed by atoms with Gasteiger partial charge in [0.05, 0.1) is 10.5 Å². The van der Waals surface area contributed by atoms with E-state index in [0.717, 1.165) is 43.9 Å². The van der Waals surface area contributed by atoms with Gasteiger partial charge in [-0.15, -0.1) is 0 Å². The summed E-state index contributed by atoms with van der Waals surface area (Å²) in [6.45, 7) is 5.51. The number of ether oxygens (including phenoxy) is 1. The van der Waals surface area contributed by atoms with Crippen LogP contribution in [-0.4, -0.2) is 48.6 Å². The summed E-state index contributed by atoms with van der Waals surface area (Å²) in [4.78, 5) is 26.3. The number of alkyl halides is 3. The van der Waals surface area contributed by atoms with Gasteiger partial charge in [-0.05, 0) is 36.9 Å². The van der Waals surface area contributed by atoms with Crippen LogP contribution in [0.15, 0.2) is 42.5 Å². The summed E-state index contributed by atoms with van der Waals surface area (Å²) < 4.78 is 45.2. The van der Waals surface area contributed by atoms with Crippen molar-refractivity contribution in [2.45, 2.75) is 13.1 Å². The van der Waals surface area contributed by atoms with Gasteiger partial charge in [-0.2, -0.15) is 13.2 Å². The third kappa shape index (κ3) is 5.85. The summed E-state index contributed by atoms with van der Waals surface area (Å²) in [5.74, 6) is 0.0194. The average molecular weight is 438 g/mol. The zero-order valence-electron chi connectivity index (χ0n) is 16.7. The molecule has 2 aromatic carbocycles. The van der Waals surface area contributed by atoms with Crippen LogP contribution < -0.4 is 15.0 Å². The molecule has 1 N–H and O–H groups in total. The van der Waals surface area contributed by atoms with Crippen molar-refractivity contribution < 1.29 is 27.6 Å². The fourth-order valence-electron chi connectivity index (χ4n) is 3.24. The monoisotopic (exact) mass is 438 g/mol. The van der Waals surface area contributed by atoms with Gasteiger partial charge in [-0.25, -0.2) is 4.79 Å². The number of anilines is 2. The molecule has 0 atom stereocenters. The van der Waals surface area contributed by atoms with E-state index in [4.69, 9.17) is 4.74 Å². The molecule has 0 unspecified atom stereocenters. The number of amides is 1. The van der Waals surface area contributed by atoms with E-state index >= 15 is 0 Å². The highest BCUT2D eigenvalue weighted by atomic mass is 19.4. The molecule has 1 heterocycles. The minimum atomic E-state index is -4.58. The molecule has 1 aliphatic heterocycles. The Morgan fingerprint density at radius 3 is 2.32 bits per heavy atom.